The highest BCUT2D eigenvalue weighted by Crippen LogP contribution is 2.08. The number of carbonyl (C=O) groups is 1. The Labute approximate surface area is 125 Å². The molecular weight excluding hydrogens is 312 g/mol. The second-order valence-corrected chi connectivity index (χ2v) is 6.76. The van der Waals surface area contributed by atoms with Crippen LogP contribution in [0, 0.1) is 5.41 Å². The Hall–Kier alpha value is -1.97. The molecule has 1 aromatic heterocycles. The molecule has 0 saturated carbocycles. The molecule has 1 aromatic carbocycles. The van der Waals surface area contributed by atoms with Crippen molar-refractivity contribution >= 4 is 27.3 Å². The molecule has 7 nitrogen and oxygen atoms in total. The summed E-state index contributed by atoms with van der Waals surface area (Å²) in [6, 6.07) is 5.97. The summed E-state index contributed by atoms with van der Waals surface area (Å²) >= 11 is 1.25. The zero-order valence-corrected chi connectivity index (χ0v) is 12.6. The molecule has 0 aliphatic rings. The fraction of sp³-hybridized carbons (Fsp3) is 0.167. The number of nitrogens with one attached hydrogen (secondary N) is 2. The molecule has 0 atom stereocenters. The molecule has 21 heavy (non-hydrogen) atoms. The van der Waals surface area contributed by atoms with Gasteiger partial charge in [0.2, 0.25) is 15.9 Å². The number of nitrogens with zero attached hydrogens (tertiary/aromatic N) is 1. The third kappa shape index (κ3) is 4.25. The molecular formula is C12H14N4O3S2. The van der Waals surface area contributed by atoms with Crippen LogP contribution in [0.15, 0.2) is 40.7 Å². The number of carbonyl (C=O) groups excluding carboxylic acids is 1. The molecule has 4 N–H and O–H groups in total. The van der Waals surface area contributed by atoms with Gasteiger partial charge in [-0.15, -0.1) is 11.3 Å². The summed E-state index contributed by atoms with van der Waals surface area (Å²) in [6.07, 6.45) is 1.67. The maximum atomic E-state index is 11.7. The zero-order valence-electron chi connectivity index (χ0n) is 10.9. The molecule has 1 heterocycles. The van der Waals surface area contributed by atoms with Crippen molar-refractivity contribution in [3.05, 3.63) is 46.2 Å². The van der Waals surface area contributed by atoms with E-state index in [0.717, 1.165) is 5.56 Å². The van der Waals surface area contributed by atoms with E-state index in [0.29, 0.717) is 4.80 Å². The number of sulfonamides is 1. The van der Waals surface area contributed by atoms with Gasteiger partial charge in [0.15, 0.2) is 4.80 Å². The number of amides is 1. The molecule has 0 saturated heterocycles. The van der Waals surface area contributed by atoms with E-state index in [9.17, 15) is 13.2 Å². The Morgan fingerprint density at radius 2 is 2.00 bits per heavy atom. The fourth-order valence-corrected chi connectivity index (χ4v) is 2.75. The first-order valence-electron chi connectivity index (χ1n) is 5.93. The summed E-state index contributed by atoms with van der Waals surface area (Å²) in [5, 5.41) is 17.0. The number of rotatable bonds is 5. The number of hydrogen-bond donors (Lipinski definition) is 3. The Bertz CT molecular complexity index is 790. The van der Waals surface area contributed by atoms with Crippen LogP contribution in [0.4, 0.5) is 0 Å². The number of benzene rings is 1. The van der Waals surface area contributed by atoms with Crippen LogP contribution in [-0.2, 0) is 27.9 Å². The number of aromatic nitrogens is 1. The lowest BCUT2D eigenvalue weighted by Gasteiger charge is -2.06. The van der Waals surface area contributed by atoms with E-state index in [1.165, 1.54) is 28.0 Å². The predicted octanol–water partition coefficient (Wildman–Crippen LogP) is -0.00713. The second-order valence-electron chi connectivity index (χ2n) is 4.30. The van der Waals surface area contributed by atoms with Gasteiger partial charge in [0.25, 0.3) is 0 Å². The average molecular weight is 326 g/mol. The molecule has 9 heteroatoms. The summed E-state index contributed by atoms with van der Waals surface area (Å²) < 4.78 is 23.7. The molecule has 0 spiro atoms. The summed E-state index contributed by atoms with van der Waals surface area (Å²) in [6.45, 7) is 0.360. The van der Waals surface area contributed by atoms with E-state index in [1.807, 2.05) is 0 Å². The lowest BCUT2D eigenvalue weighted by atomic mass is 10.2. The van der Waals surface area contributed by atoms with Gasteiger partial charge in [-0.05, 0) is 17.7 Å². The lowest BCUT2D eigenvalue weighted by molar-refractivity contribution is -0.121. The van der Waals surface area contributed by atoms with E-state index in [2.05, 4.69) is 5.32 Å². The summed E-state index contributed by atoms with van der Waals surface area (Å²) in [4.78, 5) is 12.1. The molecule has 0 fully saturated rings. The zero-order chi connectivity index (χ0) is 15.5. The van der Waals surface area contributed by atoms with E-state index in [4.69, 9.17) is 10.5 Å². The average Bonchev–Trinajstić information content (AvgIpc) is 2.81. The topological polar surface area (TPSA) is 118 Å². The highest BCUT2D eigenvalue weighted by Gasteiger charge is 2.07. The van der Waals surface area contributed by atoms with Crippen molar-refractivity contribution in [2.45, 2.75) is 18.0 Å². The first-order chi connectivity index (χ1) is 9.86. The van der Waals surface area contributed by atoms with Gasteiger partial charge in [-0.25, -0.2) is 13.6 Å². The Balaban J connectivity index is 1.93. The monoisotopic (exact) mass is 326 g/mol. The van der Waals surface area contributed by atoms with Crippen LogP contribution in [-0.4, -0.2) is 18.9 Å². The van der Waals surface area contributed by atoms with Gasteiger partial charge in [0, 0.05) is 18.1 Å². The summed E-state index contributed by atoms with van der Waals surface area (Å²) in [5.74, 6) is -0.220. The second kappa shape index (κ2) is 6.20. The van der Waals surface area contributed by atoms with Crippen LogP contribution in [0.5, 0.6) is 0 Å². The Morgan fingerprint density at radius 1 is 1.33 bits per heavy atom. The standard InChI is InChI=1S/C12H14N4O3S2/c13-12-16(5-6-20-12)8-11(17)15-7-9-1-3-10(4-2-9)21(14,18)19/h1-6,13H,7-8H2,(H,15,17)(H2,14,18,19). The molecule has 0 aliphatic heterocycles. The van der Waals surface area contributed by atoms with Gasteiger partial charge in [-0.1, -0.05) is 12.1 Å². The number of nitrogens with two attached hydrogens (primary N) is 1. The molecule has 0 radical (unpaired) electrons. The highest BCUT2D eigenvalue weighted by atomic mass is 32.2. The molecule has 0 unspecified atom stereocenters. The number of primary sulfonamides is 1. The molecule has 0 aliphatic carbocycles. The molecule has 112 valence electrons. The molecule has 0 bridgehead atoms. The van der Waals surface area contributed by atoms with E-state index in [1.54, 1.807) is 23.7 Å². The van der Waals surface area contributed by atoms with Crippen molar-refractivity contribution in [2.75, 3.05) is 0 Å². The normalized spacial score (nSPS) is 11.3. The van der Waals surface area contributed by atoms with Crippen molar-refractivity contribution in [3.8, 4) is 0 Å². The third-order valence-electron chi connectivity index (χ3n) is 2.74. The quantitative estimate of drug-likeness (QED) is 0.717. The van der Waals surface area contributed by atoms with Crippen LogP contribution in [0.3, 0.4) is 0 Å². The van der Waals surface area contributed by atoms with Gasteiger partial charge >= 0.3 is 0 Å². The van der Waals surface area contributed by atoms with Crippen molar-refractivity contribution in [1.82, 2.24) is 9.88 Å². The van der Waals surface area contributed by atoms with Gasteiger partial charge in [-0.3, -0.25) is 10.2 Å². The lowest BCUT2D eigenvalue weighted by Crippen LogP contribution is -2.29. The van der Waals surface area contributed by atoms with E-state index in [-0.39, 0.29) is 23.9 Å². The SMILES string of the molecule is N=c1sccn1CC(=O)NCc1ccc(S(N)(=O)=O)cc1. The Morgan fingerprint density at radius 3 is 2.52 bits per heavy atom. The van der Waals surface area contributed by atoms with Crippen LogP contribution in [0.25, 0.3) is 0 Å². The minimum Gasteiger partial charge on any atom is -0.350 e. The summed E-state index contributed by atoms with van der Waals surface area (Å²) in [7, 11) is -3.70. The van der Waals surface area contributed by atoms with Crippen LogP contribution >= 0.6 is 11.3 Å². The van der Waals surface area contributed by atoms with Gasteiger partial charge in [0.1, 0.15) is 6.54 Å². The predicted molar refractivity (Wildman–Crippen MR) is 77.8 cm³/mol. The van der Waals surface area contributed by atoms with Crippen LogP contribution in [0.1, 0.15) is 5.56 Å². The van der Waals surface area contributed by atoms with Crippen molar-refractivity contribution in [1.29, 1.82) is 5.41 Å². The largest absolute Gasteiger partial charge is 0.350 e. The minimum atomic E-state index is -3.70. The molecule has 1 amide bonds. The number of thiazole rings is 1. The first kappa shape index (κ1) is 15.4. The van der Waals surface area contributed by atoms with Crippen molar-refractivity contribution in [2.24, 2.45) is 5.14 Å². The van der Waals surface area contributed by atoms with Gasteiger partial charge < -0.3 is 9.88 Å². The van der Waals surface area contributed by atoms with Crippen molar-refractivity contribution < 1.29 is 13.2 Å². The maximum Gasteiger partial charge on any atom is 0.240 e. The molecule has 2 rings (SSSR count). The minimum absolute atomic E-state index is 0.0326. The first-order valence-corrected chi connectivity index (χ1v) is 8.36. The molecule has 2 aromatic rings. The number of hydrogen-bond acceptors (Lipinski definition) is 5. The van der Waals surface area contributed by atoms with Crippen LogP contribution in [0.2, 0.25) is 0 Å². The Kier molecular flexibility index (Phi) is 4.56. The third-order valence-corrected chi connectivity index (χ3v) is 4.38. The van der Waals surface area contributed by atoms with Crippen molar-refractivity contribution in [3.63, 3.8) is 0 Å². The summed E-state index contributed by atoms with van der Waals surface area (Å²) in [5.41, 5.74) is 0.761. The maximum absolute atomic E-state index is 11.7. The smallest absolute Gasteiger partial charge is 0.240 e. The van der Waals surface area contributed by atoms with Gasteiger partial charge in [-0.2, -0.15) is 0 Å². The van der Waals surface area contributed by atoms with E-state index < -0.39 is 10.0 Å². The van der Waals surface area contributed by atoms with Gasteiger partial charge in [0.05, 0.1) is 4.90 Å². The van der Waals surface area contributed by atoms with Crippen LogP contribution < -0.4 is 15.3 Å². The highest BCUT2D eigenvalue weighted by molar-refractivity contribution is 7.89. The van der Waals surface area contributed by atoms with E-state index >= 15 is 0 Å². The fourth-order valence-electron chi connectivity index (χ4n) is 1.64.